The number of pyridine rings is 2. The zero-order valence-corrected chi connectivity index (χ0v) is 25.7. The quantitative estimate of drug-likeness (QED) is 0.251. The van der Waals surface area contributed by atoms with Gasteiger partial charge < -0.3 is 20.3 Å². The molecule has 0 radical (unpaired) electrons. The SMILES string of the molecule is CN1CCC(CC(=O)Nc2cc(Oc3cc(F)c(NC(=O)c4cc5c(n(-c6ccccc6)c4=O)CCCC5=O)cc3F)ccn2)CC1. The number of fused-ring (bicyclic) bond motifs is 1. The van der Waals surface area contributed by atoms with Crippen molar-refractivity contribution in [2.24, 2.45) is 5.92 Å². The summed E-state index contributed by atoms with van der Waals surface area (Å²) in [6, 6.07) is 14.2. The standard InChI is InChI=1S/C35H33F2N5O5/c1-41-14-11-21(12-15-41)16-33(44)40-32-17-23(10-13-38-32)47-31-20-26(36)28(19-27(31)37)39-34(45)25-18-24-29(8-5-9-30(24)43)42(35(25)46)22-6-3-2-4-7-22/h2-4,6-7,10,13,17-21H,5,8-9,11-12,14-16H2,1H3,(H,39,45)(H,38,40,44). The van der Waals surface area contributed by atoms with Crippen molar-refractivity contribution in [3.05, 3.63) is 106 Å². The van der Waals surface area contributed by atoms with E-state index in [1.807, 2.05) is 7.05 Å². The molecule has 0 unspecified atom stereocenters. The number of ketones is 1. The summed E-state index contributed by atoms with van der Waals surface area (Å²) in [7, 11) is 2.05. The van der Waals surface area contributed by atoms with Gasteiger partial charge in [0.25, 0.3) is 11.5 Å². The number of Topliss-reactive ketones (excluding diaryl/α,β-unsaturated/α-hetero) is 1. The van der Waals surface area contributed by atoms with Crippen LogP contribution in [0, 0.1) is 17.6 Å². The Morgan fingerprint density at radius 1 is 0.957 bits per heavy atom. The lowest BCUT2D eigenvalue weighted by Gasteiger charge is -2.28. The van der Waals surface area contributed by atoms with Crippen LogP contribution >= 0.6 is 0 Å². The topological polar surface area (TPSA) is 123 Å². The van der Waals surface area contributed by atoms with Gasteiger partial charge in [0.05, 0.1) is 5.69 Å². The van der Waals surface area contributed by atoms with Crippen LogP contribution in [0.5, 0.6) is 11.5 Å². The normalized spacial score (nSPS) is 15.2. The number of rotatable bonds is 8. The molecule has 242 valence electrons. The molecular formula is C35H33F2N5O5. The van der Waals surface area contributed by atoms with Crippen LogP contribution in [0.4, 0.5) is 20.3 Å². The molecule has 0 saturated carbocycles. The third-order valence-corrected chi connectivity index (χ3v) is 8.49. The summed E-state index contributed by atoms with van der Waals surface area (Å²) in [6.07, 6.45) is 4.90. The van der Waals surface area contributed by atoms with Crippen LogP contribution in [0.1, 0.15) is 58.5 Å². The highest BCUT2D eigenvalue weighted by Crippen LogP contribution is 2.31. The Morgan fingerprint density at radius 2 is 1.72 bits per heavy atom. The molecule has 12 heteroatoms. The monoisotopic (exact) mass is 641 g/mol. The number of para-hydroxylation sites is 1. The second kappa shape index (κ2) is 13.6. The molecule has 2 aromatic carbocycles. The Hall–Kier alpha value is -5.23. The van der Waals surface area contributed by atoms with E-state index in [1.165, 1.54) is 29.0 Å². The first-order valence-electron chi connectivity index (χ1n) is 15.5. The van der Waals surface area contributed by atoms with E-state index in [2.05, 4.69) is 20.5 Å². The zero-order chi connectivity index (χ0) is 33.1. The van der Waals surface area contributed by atoms with Crippen LogP contribution in [0.3, 0.4) is 0 Å². The predicted molar refractivity (Wildman–Crippen MR) is 171 cm³/mol. The first-order valence-corrected chi connectivity index (χ1v) is 15.5. The fourth-order valence-corrected chi connectivity index (χ4v) is 5.99. The summed E-state index contributed by atoms with van der Waals surface area (Å²) in [4.78, 5) is 58.6. The average molecular weight is 642 g/mol. The van der Waals surface area contributed by atoms with E-state index in [0.717, 1.165) is 38.1 Å². The van der Waals surface area contributed by atoms with Crippen molar-refractivity contribution in [2.75, 3.05) is 30.8 Å². The maximum absolute atomic E-state index is 15.2. The maximum atomic E-state index is 15.2. The number of hydrogen-bond acceptors (Lipinski definition) is 7. The van der Waals surface area contributed by atoms with E-state index in [1.54, 1.807) is 30.3 Å². The van der Waals surface area contributed by atoms with E-state index in [4.69, 9.17) is 4.74 Å². The number of amides is 2. The van der Waals surface area contributed by atoms with Crippen LogP contribution in [0.2, 0.25) is 0 Å². The number of hydrogen-bond donors (Lipinski definition) is 2. The Labute approximate surface area is 269 Å². The molecule has 3 heterocycles. The average Bonchev–Trinajstić information content (AvgIpc) is 3.05. The van der Waals surface area contributed by atoms with Gasteiger partial charge in [0.2, 0.25) is 5.91 Å². The maximum Gasteiger partial charge on any atom is 0.268 e. The first-order chi connectivity index (χ1) is 22.7. The summed E-state index contributed by atoms with van der Waals surface area (Å²) >= 11 is 0. The number of benzene rings is 2. The first kappa shape index (κ1) is 31.7. The number of aromatic nitrogens is 2. The third-order valence-electron chi connectivity index (χ3n) is 8.49. The van der Waals surface area contributed by atoms with Crippen molar-refractivity contribution in [1.82, 2.24) is 14.5 Å². The summed E-state index contributed by atoms with van der Waals surface area (Å²) < 4.78 is 37.3. The molecule has 2 N–H and O–H groups in total. The number of nitrogens with zero attached hydrogens (tertiary/aromatic N) is 3. The summed E-state index contributed by atoms with van der Waals surface area (Å²) in [6.45, 7) is 1.88. The highest BCUT2D eigenvalue weighted by atomic mass is 19.1. The van der Waals surface area contributed by atoms with Gasteiger partial charge in [0, 0.05) is 54.2 Å². The number of halogens is 2. The molecule has 1 aliphatic carbocycles. The molecule has 2 aromatic heterocycles. The predicted octanol–water partition coefficient (Wildman–Crippen LogP) is 5.74. The van der Waals surface area contributed by atoms with Gasteiger partial charge in [0.1, 0.15) is 17.1 Å². The Bertz CT molecular complexity index is 1900. The summed E-state index contributed by atoms with van der Waals surface area (Å²) in [5.74, 6) is -3.30. The second-order valence-electron chi connectivity index (χ2n) is 11.9. The van der Waals surface area contributed by atoms with Gasteiger partial charge in [-0.2, -0.15) is 0 Å². The molecule has 0 spiro atoms. The van der Waals surface area contributed by atoms with Crippen LogP contribution in [0.15, 0.2) is 71.7 Å². The minimum Gasteiger partial charge on any atom is -0.454 e. The van der Waals surface area contributed by atoms with Crippen molar-refractivity contribution in [2.45, 2.75) is 38.5 Å². The highest BCUT2D eigenvalue weighted by molar-refractivity contribution is 6.07. The Balaban J connectivity index is 1.18. The van der Waals surface area contributed by atoms with E-state index < -0.39 is 34.5 Å². The smallest absolute Gasteiger partial charge is 0.268 e. The molecule has 1 fully saturated rings. The number of anilines is 2. The van der Waals surface area contributed by atoms with Crippen LogP contribution in [0.25, 0.3) is 5.69 Å². The molecule has 2 amide bonds. The molecule has 47 heavy (non-hydrogen) atoms. The van der Waals surface area contributed by atoms with E-state index >= 15 is 8.78 Å². The molecule has 2 aliphatic rings. The molecule has 0 bridgehead atoms. The molecule has 10 nitrogen and oxygen atoms in total. The number of piperidine rings is 1. The lowest BCUT2D eigenvalue weighted by Crippen LogP contribution is -2.33. The van der Waals surface area contributed by atoms with Gasteiger partial charge in [-0.05, 0) is 76.0 Å². The van der Waals surface area contributed by atoms with Crippen molar-refractivity contribution in [1.29, 1.82) is 0 Å². The van der Waals surface area contributed by atoms with E-state index in [9.17, 15) is 19.2 Å². The van der Waals surface area contributed by atoms with E-state index in [0.29, 0.717) is 30.6 Å². The van der Waals surface area contributed by atoms with Gasteiger partial charge in [-0.1, -0.05) is 18.2 Å². The van der Waals surface area contributed by atoms with Crippen LogP contribution < -0.4 is 20.9 Å². The highest BCUT2D eigenvalue weighted by Gasteiger charge is 2.27. The molecular weight excluding hydrogens is 608 g/mol. The van der Waals surface area contributed by atoms with Crippen molar-refractivity contribution >= 4 is 29.1 Å². The molecule has 0 atom stereocenters. The van der Waals surface area contributed by atoms with Crippen LogP contribution in [-0.2, 0) is 11.2 Å². The summed E-state index contributed by atoms with van der Waals surface area (Å²) in [5, 5.41) is 5.00. The van der Waals surface area contributed by atoms with Gasteiger partial charge in [0.15, 0.2) is 23.2 Å². The number of ether oxygens (including phenoxy) is 1. The zero-order valence-electron chi connectivity index (χ0n) is 25.7. The lowest BCUT2D eigenvalue weighted by molar-refractivity contribution is -0.117. The minimum absolute atomic E-state index is 0.102. The Kier molecular flexibility index (Phi) is 9.21. The number of carbonyl (C=O) groups is 3. The fraction of sp³-hybridized carbons (Fsp3) is 0.286. The number of carbonyl (C=O) groups excluding carboxylic acids is 3. The van der Waals surface area contributed by atoms with Gasteiger partial charge in [-0.25, -0.2) is 13.8 Å². The number of nitrogens with one attached hydrogen (secondary N) is 2. The fourth-order valence-electron chi connectivity index (χ4n) is 5.99. The molecule has 1 saturated heterocycles. The van der Waals surface area contributed by atoms with Crippen molar-refractivity contribution < 1.29 is 27.9 Å². The van der Waals surface area contributed by atoms with Crippen molar-refractivity contribution in [3.8, 4) is 17.2 Å². The third kappa shape index (κ3) is 7.12. The van der Waals surface area contributed by atoms with E-state index in [-0.39, 0.29) is 46.7 Å². The largest absolute Gasteiger partial charge is 0.454 e. The molecule has 1 aliphatic heterocycles. The van der Waals surface area contributed by atoms with Crippen LogP contribution in [-0.4, -0.2) is 52.2 Å². The van der Waals surface area contributed by atoms with Gasteiger partial charge in [-0.3, -0.25) is 23.7 Å². The Morgan fingerprint density at radius 3 is 2.49 bits per heavy atom. The van der Waals surface area contributed by atoms with Gasteiger partial charge >= 0.3 is 0 Å². The van der Waals surface area contributed by atoms with Gasteiger partial charge in [-0.15, -0.1) is 0 Å². The second-order valence-corrected chi connectivity index (χ2v) is 11.9. The molecule has 4 aromatic rings. The lowest BCUT2D eigenvalue weighted by atomic mass is 9.92. The van der Waals surface area contributed by atoms with Crippen molar-refractivity contribution in [3.63, 3.8) is 0 Å². The number of likely N-dealkylation sites (tertiary alicyclic amines) is 1. The minimum atomic E-state index is -1.02. The summed E-state index contributed by atoms with van der Waals surface area (Å²) in [5.41, 5.74) is -0.363. The molecule has 6 rings (SSSR count).